The summed E-state index contributed by atoms with van der Waals surface area (Å²) in [6.07, 6.45) is 13.4. The predicted octanol–water partition coefficient (Wildman–Crippen LogP) is 5.22. The molecule has 8 heteroatoms. The number of unbranched alkanes of at least 4 members (excludes halogenated alkanes) is 3. The highest BCUT2D eigenvalue weighted by Crippen LogP contribution is 2.33. The number of thioether (sulfide) groups is 1. The summed E-state index contributed by atoms with van der Waals surface area (Å²) in [6.45, 7) is 2.79. The van der Waals surface area contributed by atoms with Gasteiger partial charge in [-0.15, -0.1) is 0 Å². The van der Waals surface area contributed by atoms with Crippen LogP contribution in [0.15, 0.2) is 34.1 Å². The van der Waals surface area contributed by atoms with Gasteiger partial charge in [0.2, 0.25) is 0 Å². The summed E-state index contributed by atoms with van der Waals surface area (Å²) in [4.78, 5) is 33.3. The SMILES string of the molecule is CCCCCCN1C(=O)/C(=C\c2c(NC3CCCCC3)nc3ccccn3c2=O)SC1=S. The number of nitrogens with zero attached hydrogens (tertiary/aromatic N) is 3. The first kappa shape index (κ1) is 23.0. The molecule has 2 fully saturated rings. The van der Waals surface area contributed by atoms with Gasteiger partial charge >= 0.3 is 0 Å². The van der Waals surface area contributed by atoms with Crippen LogP contribution in [0.1, 0.15) is 70.3 Å². The van der Waals surface area contributed by atoms with Crippen molar-refractivity contribution in [1.82, 2.24) is 14.3 Å². The van der Waals surface area contributed by atoms with Gasteiger partial charge in [-0.3, -0.25) is 18.9 Å². The first-order chi connectivity index (χ1) is 15.6. The van der Waals surface area contributed by atoms with Crippen molar-refractivity contribution in [2.75, 3.05) is 11.9 Å². The van der Waals surface area contributed by atoms with Gasteiger partial charge in [0.25, 0.3) is 11.5 Å². The number of pyridine rings is 1. The Hall–Kier alpha value is -2.19. The molecule has 3 heterocycles. The molecule has 170 valence electrons. The highest BCUT2D eigenvalue weighted by Gasteiger charge is 2.32. The third-order valence-corrected chi connectivity index (χ3v) is 7.48. The van der Waals surface area contributed by atoms with E-state index in [0.29, 0.717) is 38.8 Å². The van der Waals surface area contributed by atoms with Gasteiger partial charge in [0.05, 0.1) is 10.5 Å². The maximum atomic E-state index is 13.4. The number of thiocarbonyl (C=S) groups is 1. The zero-order chi connectivity index (χ0) is 22.5. The van der Waals surface area contributed by atoms with Crippen molar-refractivity contribution in [3.63, 3.8) is 0 Å². The van der Waals surface area contributed by atoms with Gasteiger partial charge in [-0.2, -0.15) is 0 Å². The summed E-state index contributed by atoms with van der Waals surface area (Å²) in [7, 11) is 0. The molecular weight excluding hydrogens is 440 g/mol. The van der Waals surface area contributed by atoms with Crippen LogP contribution in [0.25, 0.3) is 11.7 Å². The van der Waals surface area contributed by atoms with Gasteiger partial charge in [0.15, 0.2) is 0 Å². The van der Waals surface area contributed by atoms with E-state index in [2.05, 4.69) is 12.2 Å². The second kappa shape index (κ2) is 10.6. The molecule has 1 saturated carbocycles. The average molecular weight is 471 g/mol. The lowest BCUT2D eigenvalue weighted by Crippen LogP contribution is -2.29. The lowest BCUT2D eigenvalue weighted by Gasteiger charge is -2.24. The third kappa shape index (κ3) is 5.07. The highest BCUT2D eigenvalue weighted by atomic mass is 32.2. The van der Waals surface area contributed by atoms with E-state index < -0.39 is 0 Å². The van der Waals surface area contributed by atoms with Crippen LogP contribution in [-0.2, 0) is 4.79 Å². The molecule has 0 bridgehead atoms. The fourth-order valence-corrected chi connectivity index (χ4v) is 5.59. The molecule has 1 aliphatic heterocycles. The lowest BCUT2D eigenvalue weighted by molar-refractivity contribution is -0.122. The van der Waals surface area contributed by atoms with Crippen LogP contribution in [0.4, 0.5) is 5.82 Å². The number of nitrogens with one attached hydrogen (secondary N) is 1. The van der Waals surface area contributed by atoms with Gasteiger partial charge in [0, 0.05) is 18.8 Å². The number of amides is 1. The van der Waals surface area contributed by atoms with Gasteiger partial charge in [-0.05, 0) is 37.5 Å². The fourth-order valence-electron chi connectivity index (χ4n) is 4.30. The minimum atomic E-state index is -0.179. The Balaban J connectivity index is 1.66. The number of carbonyl (C=O) groups excluding carboxylic acids is 1. The van der Waals surface area contributed by atoms with Crippen LogP contribution in [0, 0.1) is 0 Å². The van der Waals surface area contributed by atoms with Crippen molar-refractivity contribution >= 4 is 51.7 Å². The van der Waals surface area contributed by atoms with Crippen LogP contribution in [0.5, 0.6) is 0 Å². The standard InChI is InChI=1S/C24H30N4O2S2/c1-2-3-4-9-15-28-23(30)19(32-24(28)31)16-18-21(25-17-11-6-5-7-12-17)26-20-13-8-10-14-27(20)22(18)29/h8,10,13-14,16-17,25H,2-7,9,11-12,15H2,1H3/b19-16+. The maximum Gasteiger partial charge on any atom is 0.267 e. The molecule has 0 atom stereocenters. The van der Waals surface area contributed by atoms with Gasteiger partial charge in [-0.25, -0.2) is 4.98 Å². The molecule has 0 aromatic carbocycles. The van der Waals surface area contributed by atoms with Crippen molar-refractivity contribution in [2.24, 2.45) is 0 Å². The van der Waals surface area contributed by atoms with Crippen LogP contribution < -0.4 is 10.9 Å². The van der Waals surface area contributed by atoms with E-state index >= 15 is 0 Å². The van der Waals surface area contributed by atoms with Crippen molar-refractivity contribution in [3.05, 3.63) is 45.2 Å². The molecule has 1 N–H and O–H groups in total. The Morgan fingerprint density at radius 3 is 2.78 bits per heavy atom. The van der Waals surface area contributed by atoms with E-state index in [0.717, 1.165) is 38.5 Å². The Morgan fingerprint density at radius 2 is 2.00 bits per heavy atom. The van der Waals surface area contributed by atoms with Crippen LogP contribution in [0.2, 0.25) is 0 Å². The zero-order valence-electron chi connectivity index (χ0n) is 18.5. The molecule has 0 radical (unpaired) electrons. The molecule has 32 heavy (non-hydrogen) atoms. The van der Waals surface area contributed by atoms with E-state index in [1.165, 1.54) is 35.4 Å². The molecule has 0 unspecified atom stereocenters. The second-order valence-electron chi connectivity index (χ2n) is 8.48. The number of carbonyl (C=O) groups is 1. The minimum absolute atomic E-state index is 0.113. The topological polar surface area (TPSA) is 66.7 Å². The predicted molar refractivity (Wildman–Crippen MR) is 136 cm³/mol. The summed E-state index contributed by atoms with van der Waals surface area (Å²) in [5.41, 5.74) is 0.837. The smallest absolute Gasteiger partial charge is 0.267 e. The molecule has 2 aromatic rings. The number of rotatable bonds is 8. The minimum Gasteiger partial charge on any atom is -0.367 e. The molecule has 1 aliphatic carbocycles. The maximum absolute atomic E-state index is 13.4. The Kier molecular flexibility index (Phi) is 7.63. The molecule has 2 aliphatic rings. The van der Waals surface area contributed by atoms with Crippen LogP contribution >= 0.6 is 24.0 Å². The third-order valence-electron chi connectivity index (χ3n) is 6.10. The Labute approximate surface area is 198 Å². The van der Waals surface area contributed by atoms with Gasteiger partial charge in [-0.1, -0.05) is 75.5 Å². The van der Waals surface area contributed by atoms with E-state index in [1.807, 2.05) is 18.2 Å². The number of hydrogen-bond acceptors (Lipinski definition) is 6. The molecule has 0 spiro atoms. The number of aromatic nitrogens is 2. The lowest BCUT2D eigenvalue weighted by atomic mass is 9.95. The largest absolute Gasteiger partial charge is 0.367 e. The van der Waals surface area contributed by atoms with Gasteiger partial charge < -0.3 is 5.32 Å². The molecule has 1 amide bonds. The van der Waals surface area contributed by atoms with Crippen molar-refractivity contribution in [2.45, 2.75) is 70.8 Å². The molecule has 2 aromatic heterocycles. The summed E-state index contributed by atoms with van der Waals surface area (Å²) in [5, 5.41) is 3.51. The van der Waals surface area contributed by atoms with E-state index in [4.69, 9.17) is 17.2 Å². The molecule has 1 saturated heterocycles. The number of fused-ring (bicyclic) bond motifs is 1. The van der Waals surface area contributed by atoms with E-state index in [-0.39, 0.29) is 11.5 Å². The monoisotopic (exact) mass is 470 g/mol. The van der Waals surface area contributed by atoms with E-state index in [9.17, 15) is 9.59 Å². The number of hydrogen-bond donors (Lipinski definition) is 1. The molecule has 6 nitrogen and oxygen atoms in total. The summed E-state index contributed by atoms with van der Waals surface area (Å²) in [6, 6.07) is 5.80. The zero-order valence-corrected chi connectivity index (χ0v) is 20.1. The normalized spacial score (nSPS) is 18.8. The summed E-state index contributed by atoms with van der Waals surface area (Å²) in [5.74, 6) is 0.444. The molecule has 4 rings (SSSR count). The van der Waals surface area contributed by atoms with Crippen molar-refractivity contribution < 1.29 is 4.79 Å². The Morgan fingerprint density at radius 1 is 1.19 bits per heavy atom. The van der Waals surface area contributed by atoms with Gasteiger partial charge in [0.1, 0.15) is 15.8 Å². The van der Waals surface area contributed by atoms with Crippen molar-refractivity contribution in [1.29, 1.82) is 0 Å². The quantitative estimate of drug-likeness (QED) is 0.324. The molecular formula is C24H30N4O2S2. The fraction of sp³-hybridized carbons (Fsp3) is 0.500. The van der Waals surface area contributed by atoms with E-state index in [1.54, 1.807) is 17.2 Å². The second-order valence-corrected chi connectivity index (χ2v) is 10.2. The van der Waals surface area contributed by atoms with Crippen LogP contribution in [-0.4, -0.2) is 37.1 Å². The summed E-state index contributed by atoms with van der Waals surface area (Å²) >= 11 is 6.75. The van der Waals surface area contributed by atoms with Crippen molar-refractivity contribution in [3.8, 4) is 0 Å². The van der Waals surface area contributed by atoms with Crippen LogP contribution in [0.3, 0.4) is 0 Å². The average Bonchev–Trinajstić information content (AvgIpc) is 3.07. The highest BCUT2D eigenvalue weighted by molar-refractivity contribution is 8.26. The first-order valence-corrected chi connectivity index (χ1v) is 12.8. The Bertz CT molecular complexity index is 1090. The first-order valence-electron chi connectivity index (χ1n) is 11.6. The number of anilines is 1. The summed E-state index contributed by atoms with van der Waals surface area (Å²) < 4.78 is 2.09.